The predicted octanol–water partition coefficient (Wildman–Crippen LogP) is 0.338. The number of fused-ring (bicyclic) bond motifs is 1. The van der Waals surface area contributed by atoms with Gasteiger partial charge in [0, 0.05) is 6.54 Å². The minimum Gasteiger partial charge on any atom is -0.371 e. The number of rotatable bonds is 3. The molecule has 0 saturated heterocycles. The van der Waals surface area contributed by atoms with Crippen molar-refractivity contribution in [1.82, 2.24) is 15.3 Å². The smallest absolute Gasteiger partial charge is 0.226 e. The first-order valence-electron chi connectivity index (χ1n) is 5.60. The Hall–Kier alpha value is -1.89. The van der Waals surface area contributed by atoms with E-state index in [-0.39, 0.29) is 10.9 Å². The van der Waals surface area contributed by atoms with Gasteiger partial charge in [0.15, 0.2) is 0 Å². The van der Waals surface area contributed by atoms with Crippen LogP contribution in [0.4, 0.5) is 0 Å². The van der Waals surface area contributed by atoms with Crippen LogP contribution in [0.15, 0.2) is 34.4 Å². The van der Waals surface area contributed by atoms with E-state index in [4.69, 9.17) is 0 Å². The van der Waals surface area contributed by atoms with Gasteiger partial charge in [-0.05, 0) is 12.1 Å². The van der Waals surface area contributed by atoms with Crippen LogP contribution in [0.5, 0.6) is 0 Å². The topological polar surface area (TPSA) is 87.2 Å². The Kier molecular flexibility index (Phi) is 2.55. The number of aliphatic imine (C=N–C) groups is 1. The maximum absolute atomic E-state index is 12.1. The quantitative estimate of drug-likeness (QED) is 0.836. The molecule has 6 nitrogen and oxygen atoms in total. The van der Waals surface area contributed by atoms with Gasteiger partial charge in [0.1, 0.15) is 11.6 Å². The zero-order chi connectivity index (χ0) is 12.6. The molecule has 0 fully saturated rings. The lowest BCUT2D eigenvalue weighted by atomic mass is 10.3. The first-order valence-corrected chi connectivity index (χ1v) is 7.25. The van der Waals surface area contributed by atoms with E-state index < -0.39 is 9.84 Å². The van der Waals surface area contributed by atoms with Crippen LogP contribution in [0.1, 0.15) is 0 Å². The van der Waals surface area contributed by atoms with E-state index in [9.17, 15) is 8.42 Å². The van der Waals surface area contributed by atoms with E-state index in [1.54, 1.807) is 12.1 Å². The predicted molar refractivity (Wildman–Crippen MR) is 68.5 cm³/mol. The molecule has 94 valence electrons. The van der Waals surface area contributed by atoms with E-state index in [2.05, 4.69) is 20.3 Å². The highest BCUT2D eigenvalue weighted by atomic mass is 32.2. The van der Waals surface area contributed by atoms with Crippen molar-refractivity contribution in [1.29, 1.82) is 0 Å². The number of hydrogen-bond donors (Lipinski definition) is 2. The summed E-state index contributed by atoms with van der Waals surface area (Å²) in [4.78, 5) is 11.0. The van der Waals surface area contributed by atoms with Crippen molar-refractivity contribution in [3.63, 3.8) is 0 Å². The normalized spacial score (nSPS) is 15.7. The Bertz CT molecular complexity index is 684. The fraction of sp³-hybridized carbons (Fsp3) is 0.273. The number of imidazole rings is 1. The standard InChI is InChI=1S/C11H12N4O2S/c16-18(17,7-10-12-5-6-13-10)11-14-8-3-1-2-4-9(8)15-11/h1-4H,5-7H2,(H,12,13)(H,14,15). The van der Waals surface area contributed by atoms with Gasteiger partial charge in [-0.1, -0.05) is 12.1 Å². The van der Waals surface area contributed by atoms with Gasteiger partial charge in [-0.15, -0.1) is 0 Å². The van der Waals surface area contributed by atoms with Crippen molar-refractivity contribution < 1.29 is 8.42 Å². The second-order valence-electron chi connectivity index (χ2n) is 4.07. The number of para-hydroxylation sites is 2. The van der Waals surface area contributed by atoms with E-state index in [0.29, 0.717) is 24.4 Å². The largest absolute Gasteiger partial charge is 0.371 e. The average molecular weight is 264 g/mol. The number of sulfone groups is 1. The molecule has 1 aliphatic rings. The minimum absolute atomic E-state index is 0.0000926. The number of nitrogens with one attached hydrogen (secondary N) is 2. The van der Waals surface area contributed by atoms with Gasteiger partial charge in [-0.25, -0.2) is 13.4 Å². The van der Waals surface area contributed by atoms with Gasteiger partial charge >= 0.3 is 0 Å². The molecule has 0 atom stereocenters. The Morgan fingerprint density at radius 3 is 2.83 bits per heavy atom. The van der Waals surface area contributed by atoms with Crippen molar-refractivity contribution in [3.8, 4) is 0 Å². The lowest BCUT2D eigenvalue weighted by Crippen LogP contribution is -2.27. The molecule has 7 heteroatoms. The number of benzene rings is 1. The number of aromatic nitrogens is 2. The van der Waals surface area contributed by atoms with Crippen LogP contribution in [0.3, 0.4) is 0 Å². The third-order valence-electron chi connectivity index (χ3n) is 2.73. The third-order valence-corrected chi connectivity index (χ3v) is 4.17. The summed E-state index contributed by atoms with van der Waals surface area (Å²) in [5, 5.41) is 2.95. The third kappa shape index (κ3) is 1.97. The Morgan fingerprint density at radius 2 is 2.11 bits per heavy atom. The summed E-state index contributed by atoms with van der Waals surface area (Å²) in [6.07, 6.45) is 0. The number of nitrogens with zero attached hydrogens (tertiary/aromatic N) is 2. The monoisotopic (exact) mass is 264 g/mol. The van der Waals surface area contributed by atoms with E-state index in [1.807, 2.05) is 12.1 Å². The van der Waals surface area contributed by atoms with Crippen molar-refractivity contribution in [2.75, 3.05) is 18.8 Å². The fourth-order valence-corrected chi connectivity index (χ4v) is 3.06. The number of aromatic amines is 1. The SMILES string of the molecule is O=S(=O)(CC1=NCCN1)c1nc2ccccc2[nH]1. The average Bonchev–Trinajstić information content (AvgIpc) is 2.96. The van der Waals surface area contributed by atoms with Gasteiger partial charge in [0.2, 0.25) is 15.0 Å². The molecule has 2 N–H and O–H groups in total. The molecular weight excluding hydrogens is 252 g/mol. The summed E-state index contributed by atoms with van der Waals surface area (Å²) in [5.41, 5.74) is 1.37. The molecule has 1 aromatic carbocycles. The highest BCUT2D eigenvalue weighted by molar-refractivity contribution is 7.92. The van der Waals surface area contributed by atoms with Gasteiger partial charge < -0.3 is 10.3 Å². The molecule has 0 amide bonds. The molecule has 2 heterocycles. The number of amidine groups is 1. The molecular formula is C11H12N4O2S. The number of H-pyrrole nitrogens is 1. The van der Waals surface area contributed by atoms with Crippen molar-refractivity contribution in [2.24, 2.45) is 4.99 Å². The molecule has 0 radical (unpaired) electrons. The molecule has 0 aliphatic carbocycles. The van der Waals surface area contributed by atoms with E-state index >= 15 is 0 Å². The van der Waals surface area contributed by atoms with Gasteiger partial charge in [-0.2, -0.15) is 0 Å². The Labute approximate surface area is 104 Å². The van der Waals surface area contributed by atoms with E-state index in [1.165, 1.54) is 0 Å². The molecule has 0 bridgehead atoms. The highest BCUT2D eigenvalue weighted by Gasteiger charge is 2.22. The zero-order valence-corrected chi connectivity index (χ0v) is 10.4. The minimum atomic E-state index is -3.47. The molecule has 3 rings (SSSR count). The maximum Gasteiger partial charge on any atom is 0.226 e. The molecule has 0 saturated carbocycles. The summed E-state index contributed by atoms with van der Waals surface area (Å²) < 4.78 is 24.3. The molecule has 0 unspecified atom stereocenters. The van der Waals surface area contributed by atoms with Crippen LogP contribution in [-0.4, -0.2) is 43.1 Å². The van der Waals surface area contributed by atoms with Crippen LogP contribution >= 0.6 is 0 Å². The van der Waals surface area contributed by atoms with Crippen LogP contribution in [0.25, 0.3) is 11.0 Å². The maximum atomic E-state index is 12.1. The second kappa shape index (κ2) is 4.09. The summed E-state index contributed by atoms with van der Waals surface area (Å²) in [5.74, 6) is 0.378. The fourth-order valence-electron chi connectivity index (χ4n) is 1.87. The van der Waals surface area contributed by atoms with Gasteiger partial charge in [-0.3, -0.25) is 4.99 Å². The van der Waals surface area contributed by atoms with Crippen LogP contribution < -0.4 is 5.32 Å². The molecule has 0 spiro atoms. The van der Waals surface area contributed by atoms with Gasteiger partial charge in [0.25, 0.3) is 0 Å². The summed E-state index contributed by atoms with van der Waals surface area (Å²) in [6, 6.07) is 7.23. The van der Waals surface area contributed by atoms with Crippen LogP contribution in [-0.2, 0) is 9.84 Å². The lowest BCUT2D eigenvalue weighted by molar-refractivity contribution is 0.593. The van der Waals surface area contributed by atoms with Crippen molar-refractivity contribution in [2.45, 2.75) is 5.16 Å². The molecule has 1 aromatic heterocycles. The van der Waals surface area contributed by atoms with E-state index in [0.717, 1.165) is 5.52 Å². The van der Waals surface area contributed by atoms with Gasteiger partial charge in [0.05, 0.1) is 17.6 Å². The lowest BCUT2D eigenvalue weighted by Gasteiger charge is -2.01. The van der Waals surface area contributed by atoms with Crippen LogP contribution in [0.2, 0.25) is 0 Å². The Balaban J connectivity index is 1.97. The highest BCUT2D eigenvalue weighted by Crippen LogP contribution is 2.15. The zero-order valence-electron chi connectivity index (χ0n) is 9.55. The number of hydrogen-bond acceptors (Lipinski definition) is 5. The van der Waals surface area contributed by atoms with Crippen molar-refractivity contribution in [3.05, 3.63) is 24.3 Å². The summed E-state index contributed by atoms with van der Waals surface area (Å²) in [7, 11) is -3.47. The first kappa shape index (κ1) is 11.2. The molecule has 18 heavy (non-hydrogen) atoms. The Morgan fingerprint density at radius 1 is 1.28 bits per heavy atom. The van der Waals surface area contributed by atoms with Crippen LogP contribution in [0, 0.1) is 0 Å². The molecule has 1 aliphatic heterocycles. The molecule has 2 aromatic rings. The second-order valence-corrected chi connectivity index (χ2v) is 5.98. The summed E-state index contributed by atoms with van der Waals surface area (Å²) in [6.45, 7) is 1.33. The summed E-state index contributed by atoms with van der Waals surface area (Å²) >= 11 is 0. The van der Waals surface area contributed by atoms with Crippen molar-refractivity contribution >= 4 is 26.7 Å². The first-order chi connectivity index (χ1) is 8.65.